The summed E-state index contributed by atoms with van der Waals surface area (Å²) in [5, 5.41) is 4.49. The first-order chi connectivity index (χ1) is 14.7. The van der Waals surface area contributed by atoms with Crippen LogP contribution in [0.25, 0.3) is 11.8 Å². The van der Waals surface area contributed by atoms with E-state index in [1.807, 2.05) is 0 Å². The smallest absolute Gasteiger partial charge is 0.303 e. The number of nitrogens with zero attached hydrogens (tertiary/aromatic N) is 2. The van der Waals surface area contributed by atoms with Crippen LogP contribution in [0.3, 0.4) is 0 Å². The van der Waals surface area contributed by atoms with E-state index >= 15 is 0 Å². The Hall–Kier alpha value is -2.70. The lowest BCUT2D eigenvalue weighted by Gasteiger charge is -2.50. The Kier molecular flexibility index (Phi) is 4.50. The molecule has 1 fully saturated rings. The first kappa shape index (κ1) is 20.2. The van der Waals surface area contributed by atoms with Crippen molar-refractivity contribution in [3.8, 4) is 5.69 Å². The molecule has 3 aliphatic rings. The maximum Gasteiger partial charge on any atom is 0.392 e. The van der Waals surface area contributed by atoms with Crippen molar-refractivity contribution in [2.75, 3.05) is 0 Å². The Morgan fingerprint density at radius 1 is 1.23 bits per heavy atom. The zero-order valence-corrected chi connectivity index (χ0v) is 17.0. The molecule has 31 heavy (non-hydrogen) atoms. The third kappa shape index (κ3) is 3.08. The Bertz CT molecular complexity index is 1100. The van der Waals surface area contributed by atoms with Gasteiger partial charge in [0, 0.05) is 11.3 Å². The zero-order chi connectivity index (χ0) is 22.0. The number of carbonyl (C=O) groups is 1. The van der Waals surface area contributed by atoms with E-state index in [4.69, 9.17) is 0 Å². The second-order valence-electron chi connectivity index (χ2n) is 9.02. The lowest BCUT2D eigenvalue weighted by molar-refractivity contribution is -0.193. The Morgan fingerprint density at radius 3 is 2.65 bits per heavy atom. The van der Waals surface area contributed by atoms with Crippen LogP contribution in [0.1, 0.15) is 37.4 Å². The quantitative estimate of drug-likeness (QED) is 0.349. The van der Waals surface area contributed by atoms with Gasteiger partial charge in [0.1, 0.15) is 12.1 Å². The van der Waals surface area contributed by atoms with Crippen molar-refractivity contribution < 1.29 is 22.4 Å². The molecule has 5 rings (SSSR count). The van der Waals surface area contributed by atoms with E-state index in [-0.39, 0.29) is 18.2 Å². The van der Waals surface area contributed by atoms with Gasteiger partial charge in [0.2, 0.25) is 0 Å². The molecule has 2 aromatic rings. The van der Waals surface area contributed by atoms with Crippen LogP contribution in [0, 0.1) is 29.0 Å². The number of carbonyl (C=O) groups excluding carboxylic acids is 1. The molecule has 0 saturated heterocycles. The first-order valence-corrected chi connectivity index (χ1v) is 10.5. The maximum absolute atomic E-state index is 13.5. The van der Waals surface area contributed by atoms with Gasteiger partial charge < -0.3 is 4.79 Å². The highest BCUT2D eigenvalue weighted by atomic mass is 19.4. The van der Waals surface area contributed by atoms with Crippen LogP contribution in [0.2, 0.25) is 0 Å². The summed E-state index contributed by atoms with van der Waals surface area (Å²) in [6.45, 7) is 2.07. The molecule has 0 spiro atoms. The van der Waals surface area contributed by atoms with Gasteiger partial charge >= 0.3 is 6.18 Å². The summed E-state index contributed by atoms with van der Waals surface area (Å²) in [7, 11) is 0. The van der Waals surface area contributed by atoms with E-state index in [1.54, 1.807) is 29.1 Å². The van der Waals surface area contributed by atoms with E-state index < -0.39 is 23.4 Å². The molecule has 1 saturated carbocycles. The lowest BCUT2D eigenvalue weighted by atomic mass is 9.54. The fourth-order valence-electron chi connectivity index (χ4n) is 5.81. The molecule has 3 nitrogen and oxygen atoms in total. The van der Waals surface area contributed by atoms with Gasteiger partial charge in [-0.3, -0.25) is 0 Å². The fourth-order valence-corrected chi connectivity index (χ4v) is 5.81. The number of rotatable bonds is 2. The normalized spacial score (nSPS) is 29.9. The number of aldehydes is 1. The van der Waals surface area contributed by atoms with Gasteiger partial charge in [0.25, 0.3) is 0 Å². The lowest BCUT2D eigenvalue weighted by Crippen LogP contribution is -2.45. The van der Waals surface area contributed by atoms with Crippen molar-refractivity contribution in [2.45, 2.75) is 38.8 Å². The molecule has 1 aromatic carbocycles. The van der Waals surface area contributed by atoms with Gasteiger partial charge in [-0.25, -0.2) is 9.07 Å². The third-order valence-corrected chi connectivity index (χ3v) is 7.38. The topological polar surface area (TPSA) is 34.9 Å². The van der Waals surface area contributed by atoms with Crippen LogP contribution in [-0.4, -0.2) is 22.2 Å². The van der Waals surface area contributed by atoms with Gasteiger partial charge in [0.15, 0.2) is 0 Å². The Balaban J connectivity index is 1.54. The monoisotopic (exact) mass is 430 g/mol. The van der Waals surface area contributed by atoms with E-state index in [0.717, 1.165) is 28.1 Å². The summed E-state index contributed by atoms with van der Waals surface area (Å²) in [4.78, 5) is 11.7. The second-order valence-corrected chi connectivity index (χ2v) is 9.02. The van der Waals surface area contributed by atoms with Crippen molar-refractivity contribution in [3.05, 3.63) is 64.8 Å². The molecular formula is C24H22F4N2O. The van der Waals surface area contributed by atoms with Crippen LogP contribution in [0.5, 0.6) is 0 Å². The molecule has 1 heterocycles. The molecule has 0 N–H and O–H groups in total. The largest absolute Gasteiger partial charge is 0.392 e. The standard InChI is InChI=1S/C24H22F4N2O/c1-23-11-14-12-29-30(17-5-3-16(25)4-6-17)22(14)10-15(23)2-7-18-19(13-31)21(24(26,27)28)9-8-20(18)23/h3-6,8,10,12-13,18-19,21H,2,7,9,11H2,1H3/t18?,19-,21-,23+/m1/s1. The van der Waals surface area contributed by atoms with Crippen molar-refractivity contribution in [3.63, 3.8) is 0 Å². The Morgan fingerprint density at radius 2 is 1.97 bits per heavy atom. The van der Waals surface area contributed by atoms with E-state index in [0.29, 0.717) is 25.5 Å². The Labute approximate surface area is 177 Å². The van der Waals surface area contributed by atoms with Crippen molar-refractivity contribution >= 4 is 12.4 Å². The van der Waals surface area contributed by atoms with E-state index in [9.17, 15) is 22.4 Å². The van der Waals surface area contributed by atoms with E-state index in [1.165, 1.54) is 12.1 Å². The average molecular weight is 430 g/mol. The summed E-state index contributed by atoms with van der Waals surface area (Å²) in [6.07, 6.45) is 3.40. The van der Waals surface area contributed by atoms with Crippen molar-refractivity contribution in [1.82, 2.24) is 9.78 Å². The predicted molar refractivity (Wildman–Crippen MR) is 108 cm³/mol. The molecule has 0 bridgehead atoms. The number of fused-ring (bicyclic) bond motifs is 4. The van der Waals surface area contributed by atoms with Crippen LogP contribution in [0.15, 0.2) is 47.7 Å². The minimum atomic E-state index is -4.37. The summed E-state index contributed by atoms with van der Waals surface area (Å²) in [5.41, 5.74) is 4.38. The molecule has 0 aliphatic heterocycles. The van der Waals surface area contributed by atoms with Gasteiger partial charge in [-0.05, 0) is 67.5 Å². The summed E-state index contributed by atoms with van der Waals surface area (Å²) in [5.74, 6) is -3.33. The SMILES string of the molecule is C[C@]12Cc3cnn(-c4ccc(F)cc4)c3C=C1CCC1C2=CC[C@@H](C(F)(F)F)[C@@H]1C=O. The van der Waals surface area contributed by atoms with Gasteiger partial charge in [-0.2, -0.15) is 18.3 Å². The molecular weight excluding hydrogens is 408 g/mol. The molecule has 1 aromatic heterocycles. The molecule has 0 amide bonds. The number of benzene rings is 1. The first-order valence-electron chi connectivity index (χ1n) is 10.5. The van der Waals surface area contributed by atoms with Crippen LogP contribution < -0.4 is 0 Å². The van der Waals surface area contributed by atoms with Gasteiger partial charge in [0.05, 0.1) is 23.5 Å². The summed E-state index contributed by atoms with van der Waals surface area (Å²) < 4.78 is 55.6. The minimum absolute atomic E-state index is 0.149. The fraction of sp³-hybridized carbons (Fsp3) is 0.417. The van der Waals surface area contributed by atoms with Crippen LogP contribution >= 0.6 is 0 Å². The summed E-state index contributed by atoms with van der Waals surface area (Å²) in [6, 6.07) is 6.11. The second kappa shape index (κ2) is 6.90. The van der Waals surface area contributed by atoms with Crippen LogP contribution in [0.4, 0.5) is 17.6 Å². The zero-order valence-electron chi connectivity index (χ0n) is 17.0. The minimum Gasteiger partial charge on any atom is -0.303 e. The maximum atomic E-state index is 13.5. The molecule has 4 atom stereocenters. The van der Waals surface area contributed by atoms with Crippen LogP contribution in [-0.2, 0) is 11.2 Å². The average Bonchev–Trinajstić information content (AvgIpc) is 3.13. The predicted octanol–water partition coefficient (Wildman–Crippen LogP) is 5.69. The molecule has 162 valence electrons. The number of aromatic nitrogens is 2. The highest BCUT2D eigenvalue weighted by molar-refractivity contribution is 5.65. The highest BCUT2D eigenvalue weighted by Gasteiger charge is 2.54. The molecule has 1 unspecified atom stereocenters. The van der Waals surface area contributed by atoms with E-state index in [2.05, 4.69) is 18.1 Å². The number of halogens is 4. The number of hydrogen-bond acceptors (Lipinski definition) is 2. The highest BCUT2D eigenvalue weighted by Crippen LogP contribution is 2.58. The van der Waals surface area contributed by atoms with Gasteiger partial charge in [-0.1, -0.05) is 24.1 Å². The van der Waals surface area contributed by atoms with Crippen molar-refractivity contribution in [1.29, 1.82) is 0 Å². The number of allylic oxidation sites excluding steroid dienone is 3. The third-order valence-electron chi connectivity index (χ3n) is 7.38. The molecule has 3 aliphatic carbocycles. The number of alkyl halides is 3. The molecule has 7 heteroatoms. The van der Waals surface area contributed by atoms with Gasteiger partial charge in [-0.15, -0.1) is 0 Å². The summed E-state index contributed by atoms with van der Waals surface area (Å²) >= 11 is 0. The number of hydrogen-bond donors (Lipinski definition) is 0. The van der Waals surface area contributed by atoms with Crippen molar-refractivity contribution in [2.24, 2.45) is 23.2 Å². The molecule has 0 radical (unpaired) electrons.